The van der Waals surface area contributed by atoms with Gasteiger partial charge in [0, 0.05) is 17.7 Å². The van der Waals surface area contributed by atoms with Crippen LogP contribution in [-0.4, -0.2) is 29.2 Å². The number of hydrogen-bond donors (Lipinski definition) is 0. The highest BCUT2D eigenvalue weighted by molar-refractivity contribution is 7.07. The molecule has 0 fully saturated rings. The smallest absolute Gasteiger partial charge is 0.338 e. The number of esters is 1. The van der Waals surface area contributed by atoms with E-state index in [0.29, 0.717) is 32.1 Å². The lowest BCUT2D eigenvalue weighted by Crippen LogP contribution is -2.40. The molecule has 0 saturated carbocycles. The Morgan fingerprint density at radius 3 is 2.45 bits per heavy atom. The molecular formula is C36H29N3O7S. The van der Waals surface area contributed by atoms with Gasteiger partial charge in [0.05, 0.1) is 40.5 Å². The first-order chi connectivity index (χ1) is 22.9. The molecule has 0 unspecified atom stereocenters. The number of nitro benzene ring substituents is 1. The van der Waals surface area contributed by atoms with Gasteiger partial charge in [-0.2, -0.15) is 0 Å². The van der Waals surface area contributed by atoms with Crippen molar-refractivity contribution in [1.29, 1.82) is 0 Å². The summed E-state index contributed by atoms with van der Waals surface area (Å²) in [7, 11) is 1.56. The van der Waals surface area contributed by atoms with Gasteiger partial charge in [-0.15, -0.1) is 0 Å². The number of nitro groups is 1. The van der Waals surface area contributed by atoms with Gasteiger partial charge in [0.25, 0.3) is 11.2 Å². The predicted octanol–water partition coefficient (Wildman–Crippen LogP) is 5.43. The Morgan fingerprint density at radius 1 is 0.979 bits per heavy atom. The van der Waals surface area contributed by atoms with Crippen LogP contribution >= 0.6 is 11.3 Å². The number of non-ortho nitro benzene ring substituents is 1. The number of carbonyl (C=O) groups excluding carboxylic acids is 1. The second-order valence-electron chi connectivity index (χ2n) is 10.5. The molecule has 0 saturated heterocycles. The van der Waals surface area contributed by atoms with E-state index in [0.717, 1.165) is 16.7 Å². The highest BCUT2D eigenvalue weighted by Gasteiger charge is 2.35. The number of ether oxygens (including phenoxy) is 3. The maximum atomic E-state index is 14.2. The topological polar surface area (TPSA) is 122 Å². The molecule has 1 aliphatic heterocycles. The van der Waals surface area contributed by atoms with Gasteiger partial charge in [0.1, 0.15) is 18.1 Å². The predicted molar refractivity (Wildman–Crippen MR) is 178 cm³/mol. The molecule has 0 bridgehead atoms. The maximum Gasteiger partial charge on any atom is 0.338 e. The van der Waals surface area contributed by atoms with Crippen LogP contribution in [0.3, 0.4) is 0 Å². The quantitative estimate of drug-likeness (QED) is 0.113. The molecule has 0 aliphatic carbocycles. The fourth-order valence-electron chi connectivity index (χ4n) is 5.29. The summed E-state index contributed by atoms with van der Waals surface area (Å²) in [6.45, 7) is 2.10. The van der Waals surface area contributed by atoms with Crippen LogP contribution in [0.4, 0.5) is 5.69 Å². The number of rotatable bonds is 10. The van der Waals surface area contributed by atoms with Gasteiger partial charge in [0.2, 0.25) is 0 Å². The highest BCUT2D eigenvalue weighted by atomic mass is 32.1. The third kappa shape index (κ3) is 6.61. The van der Waals surface area contributed by atoms with E-state index in [1.807, 2.05) is 60.7 Å². The minimum Gasteiger partial charge on any atom is -0.497 e. The second kappa shape index (κ2) is 13.7. The molecule has 11 heteroatoms. The summed E-state index contributed by atoms with van der Waals surface area (Å²) >= 11 is 1.23. The van der Waals surface area contributed by atoms with Crippen LogP contribution in [0, 0.1) is 10.1 Å². The van der Waals surface area contributed by atoms with Gasteiger partial charge in [0.15, 0.2) is 4.80 Å². The van der Waals surface area contributed by atoms with Crippen molar-refractivity contribution in [1.82, 2.24) is 4.57 Å². The molecule has 0 radical (unpaired) electrons. The van der Waals surface area contributed by atoms with E-state index in [9.17, 15) is 19.7 Å². The molecule has 0 spiro atoms. The number of carbonyl (C=O) groups is 1. The number of benzene rings is 4. The molecule has 0 amide bonds. The molecule has 1 aliphatic rings. The Morgan fingerprint density at radius 2 is 1.72 bits per heavy atom. The largest absolute Gasteiger partial charge is 0.497 e. The molecule has 5 aromatic rings. The standard InChI is InChI=1S/C36H29N3O7S/c1-3-45-35(41)31-32(25-10-5-4-6-11-25)37-36-38(33(31)26-12-8-13-28(21-26)44-2)34(40)30(47-36)20-24-9-7-14-29(19-24)46-22-23-15-17-27(18-16-23)39(42)43/h4-21,33H,3,22H2,1-2H3/b30-20-/t33-/m1/s1. The Kier molecular flexibility index (Phi) is 9.07. The molecule has 4 aromatic carbocycles. The highest BCUT2D eigenvalue weighted by Crippen LogP contribution is 2.36. The van der Waals surface area contributed by atoms with Crippen LogP contribution < -0.4 is 24.4 Å². The van der Waals surface area contributed by atoms with Gasteiger partial charge in [-0.25, -0.2) is 9.79 Å². The van der Waals surface area contributed by atoms with Crippen molar-refractivity contribution in [3.05, 3.63) is 161 Å². The molecule has 0 N–H and O–H groups in total. The van der Waals surface area contributed by atoms with Crippen LogP contribution in [0.1, 0.15) is 35.2 Å². The van der Waals surface area contributed by atoms with Crippen molar-refractivity contribution >= 4 is 34.8 Å². The number of hydrogen-bond acceptors (Lipinski definition) is 9. The molecule has 1 aromatic heterocycles. The fraction of sp³-hybridized carbons (Fsp3) is 0.139. The van der Waals surface area contributed by atoms with Gasteiger partial charge < -0.3 is 14.2 Å². The fourth-order valence-corrected chi connectivity index (χ4v) is 6.29. The van der Waals surface area contributed by atoms with Gasteiger partial charge >= 0.3 is 5.97 Å². The summed E-state index contributed by atoms with van der Waals surface area (Å²) < 4.78 is 18.9. The van der Waals surface area contributed by atoms with Crippen LogP contribution in [0.5, 0.6) is 11.5 Å². The normalized spacial score (nSPS) is 14.3. The lowest BCUT2D eigenvalue weighted by atomic mass is 9.93. The third-order valence-electron chi connectivity index (χ3n) is 7.49. The van der Waals surface area contributed by atoms with Crippen LogP contribution in [-0.2, 0) is 16.1 Å². The minimum absolute atomic E-state index is 0.0103. The lowest BCUT2D eigenvalue weighted by molar-refractivity contribution is -0.384. The van der Waals surface area contributed by atoms with E-state index in [1.165, 1.54) is 23.5 Å². The minimum atomic E-state index is -0.825. The average Bonchev–Trinajstić information content (AvgIpc) is 3.41. The molecule has 2 heterocycles. The van der Waals surface area contributed by atoms with E-state index >= 15 is 0 Å². The van der Waals surface area contributed by atoms with E-state index in [4.69, 9.17) is 19.2 Å². The third-order valence-corrected chi connectivity index (χ3v) is 8.47. The lowest BCUT2D eigenvalue weighted by Gasteiger charge is -2.26. The van der Waals surface area contributed by atoms with Crippen molar-refractivity contribution in [2.75, 3.05) is 13.7 Å². The monoisotopic (exact) mass is 647 g/mol. The zero-order valence-corrected chi connectivity index (χ0v) is 26.3. The van der Waals surface area contributed by atoms with E-state index in [-0.39, 0.29) is 30.0 Å². The zero-order valence-electron chi connectivity index (χ0n) is 25.5. The molecular weight excluding hydrogens is 618 g/mol. The van der Waals surface area contributed by atoms with Crippen molar-refractivity contribution in [3.8, 4) is 11.5 Å². The number of nitrogens with zero attached hydrogens (tertiary/aromatic N) is 3. The first-order valence-electron chi connectivity index (χ1n) is 14.7. The summed E-state index contributed by atoms with van der Waals surface area (Å²) in [5.41, 5.74) is 3.28. The Bertz CT molecular complexity index is 2170. The van der Waals surface area contributed by atoms with Crippen molar-refractivity contribution < 1.29 is 23.9 Å². The van der Waals surface area contributed by atoms with Gasteiger partial charge in [-0.1, -0.05) is 65.9 Å². The van der Waals surface area contributed by atoms with Gasteiger partial charge in [-0.05, 0) is 66.1 Å². The Hall–Kier alpha value is -5.81. The maximum absolute atomic E-state index is 14.2. The summed E-state index contributed by atoms with van der Waals surface area (Å²) in [6.07, 6.45) is 1.77. The first kappa shape index (κ1) is 31.2. The number of aromatic nitrogens is 1. The number of methoxy groups -OCH3 is 1. The summed E-state index contributed by atoms with van der Waals surface area (Å²) in [6, 6.07) is 29.3. The second-order valence-corrected chi connectivity index (χ2v) is 11.5. The zero-order chi connectivity index (χ0) is 32.9. The molecule has 47 heavy (non-hydrogen) atoms. The summed E-state index contributed by atoms with van der Waals surface area (Å²) in [5.74, 6) is 0.585. The Labute approximate surface area is 273 Å². The van der Waals surface area contributed by atoms with Gasteiger partial charge in [-0.3, -0.25) is 19.5 Å². The van der Waals surface area contributed by atoms with Crippen LogP contribution in [0.25, 0.3) is 11.8 Å². The summed E-state index contributed by atoms with van der Waals surface area (Å²) in [4.78, 5) is 43.7. The van der Waals surface area contributed by atoms with Crippen molar-refractivity contribution in [2.24, 2.45) is 4.99 Å². The molecule has 236 valence electrons. The first-order valence-corrected chi connectivity index (χ1v) is 15.6. The molecule has 10 nitrogen and oxygen atoms in total. The number of fused-ring (bicyclic) bond motifs is 1. The van der Waals surface area contributed by atoms with E-state index in [2.05, 4.69) is 0 Å². The SMILES string of the molecule is CCOC(=O)C1=C(c2ccccc2)N=c2s/c(=C\c3cccc(OCc4ccc([N+](=O)[O-])cc4)c3)c(=O)n2[C@@H]1c1cccc(OC)c1. The molecule has 1 atom stereocenters. The van der Waals surface area contributed by atoms with Crippen molar-refractivity contribution in [2.45, 2.75) is 19.6 Å². The van der Waals surface area contributed by atoms with Crippen LogP contribution in [0.15, 0.2) is 118 Å². The van der Waals surface area contributed by atoms with E-state index in [1.54, 1.807) is 55.0 Å². The number of thiazole rings is 1. The van der Waals surface area contributed by atoms with Crippen molar-refractivity contribution in [3.63, 3.8) is 0 Å². The van der Waals surface area contributed by atoms with Crippen LogP contribution in [0.2, 0.25) is 0 Å². The average molecular weight is 648 g/mol. The van der Waals surface area contributed by atoms with E-state index < -0.39 is 16.9 Å². The Balaban J connectivity index is 1.44. The molecule has 6 rings (SSSR count). The summed E-state index contributed by atoms with van der Waals surface area (Å²) in [5, 5.41) is 11.0.